The third kappa shape index (κ3) is 4.66. The van der Waals surface area contributed by atoms with Gasteiger partial charge in [0.25, 0.3) is 0 Å². The highest BCUT2D eigenvalue weighted by molar-refractivity contribution is 5.77. The standard InChI is InChI=1S/C20H24O5/c1-4-11-25-18-10-9-14(13-19(18)24-3)12-16(20(21)22)15-7-5-6-8-17(15)23-2/h5-10,13,16H,4,11-12H2,1-3H3,(H,21,22). The Labute approximate surface area is 148 Å². The number of carboxylic acids is 1. The van der Waals surface area contributed by atoms with Gasteiger partial charge in [-0.1, -0.05) is 31.2 Å². The minimum Gasteiger partial charge on any atom is -0.496 e. The second-order valence-corrected chi connectivity index (χ2v) is 5.67. The molecule has 25 heavy (non-hydrogen) atoms. The lowest BCUT2D eigenvalue weighted by atomic mass is 9.91. The molecule has 2 aromatic rings. The summed E-state index contributed by atoms with van der Waals surface area (Å²) in [5.41, 5.74) is 1.52. The molecule has 0 saturated carbocycles. The fourth-order valence-corrected chi connectivity index (χ4v) is 2.69. The van der Waals surface area contributed by atoms with Crippen molar-refractivity contribution in [2.24, 2.45) is 0 Å². The summed E-state index contributed by atoms with van der Waals surface area (Å²) in [6.45, 7) is 2.64. The number of ether oxygens (including phenoxy) is 3. The first-order valence-corrected chi connectivity index (χ1v) is 8.26. The van der Waals surface area contributed by atoms with Gasteiger partial charge in [0.1, 0.15) is 5.75 Å². The summed E-state index contributed by atoms with van der Waals surface area (Å²) in [6.07, 6.45) is 1.24. The Morgan fingerprint density at radius 3 is 2.40 bits per heavy atom. The van der Waals surface area contributed by atoms with E-state index in [1.807, 2.05) is 37.3 Å². The molecule has 0 fully saturated rings. The second-order valence-electron chi connectivity index (χ2n) is 5.67. The van der Waals surface area contributed by atoms with Gasteiger partial charge in [0.15, 0.2) is 11.5 Å². The smallest absolute Gasteiger partial charge is 0.311 e. The Hall–Kier alpha value is -2.69. The van der Waals surface area contributed by atoms with Crippen LogP contribution in [0.1, 0.15) is 30.4 Å². The molecule has 0 aliphatic rings. The van der Waals surface area contributed by atoms with E-state index in [1.165, 1.54) is 0 Å². The van der Waals surface area contributed by atoms with Gasteiger partial charge in [0.2, 0.25) is 0 Å². The molecule has 0 radical (unpaired) electrons. The molecule has 0 amide bonds. The van der Waals surface area contributed by atoms with Crippen molar-refractivity contribution in [1.29, 1.82) is 0 Å². The van der Waals surface area contributed by atoms with Crippen LogP contribution in [0.3, 0.4) is 0 Å². The van der Waals surface area contributed by atoms with Gasteiger partial charge < -0.3 is 19.3 Å². The number of methoxy groups -OCH3 is 2. The molecule has 0 heterocycles. The van der Waals surface area contributed by atoms with E-state index in [4.69, 9.17) is 14.2 Å². The highest BCUT2D eigenvalue weighted by Crippen LogP contribution is 2.33. The zero-order valence-corrected chi connectivity index (χ0v) is 14.8. The monoisotopic (exact) mass is 344 g/mol. The molecule has 134 valence electrons. The van der Waals surface area contributed by atoms with Crippen LogP contribution in [0, 0.1) is 0 Å². The number of para-hydroxylation sites is 1. The lowest BCUT2D eigenvalue weighted by molar-refractivity contribution is -0.138. The van der Waals surface area contributed by atoms with E-state index < -0.39 is 11.9 Å². The topological polar surface area (TPSA) is 65.0 Å². The highest BCUT2D eigenvalue weighted by atomic mass is 16.5. The number of benzene rings is 2. The van der Waals surface area contributed by atoms with Crippen molar-refractivity contribution >= 4 is 5.97 Å². The molecule has 0 aromatic heterocycles. The summed E-state index contributed by atoms with van der Waals surface area (Å²) < 4.78 is 16.3. The molecule has 0 bridgehead atoms. The SMILES string of the molecule is CCCOc1ccc(CC(C(=O)O)c2ccccc2OC)cc1OC. The first-order valence-electron chi connectivity index (χ1n) is 8.26. The predicted octanol–water partition coefficient (Wildman–Crippen LogP) is 3.90. The number of hydrogen-bond donors (Lipinski definition) is 1. The molecule has 0 spiro atoms. The molecule has 2 aromatic carbocycles. The van der Waals surface area contributed by atoms with Crippen LogP contribution in [0.4, 0.5) is 0 Å². The van der Waals surface area contributed by atoms with E-state index in [-0.39, 0.29) is 0 Å². The summed E-state index contributed by atoms with van der Waals surface area (Å²) in [7, 11) is 3.12. The van der Waals surface area contributed by atoms with E-state index in [0.717, 1.165) is 12.0 Å². The third-order valence-corrected chi connectivity index (χ3v) is 3.94. The van der Waals surface area contributed by atoms with Crippen LogP contribution in [0.25, 0.3) is 0 Å². The summed E-state index contributed by atoms with van der Waals surface area (Å²) in [4.78, 5) is 11.8. The first kappa shape index (κ1) is 18.6. The molecular formula is C20H24O5. The summed E-state index contributed by atoms with van der Waals surface area (Å²) >= 11 is 0. The number of hydrogen-bond acceptors (Lipinski definition) is 4. The van der Waals surface area contributed by atoms with E-state index in [0.29, 0.717) is 35.8 Å². The van der Waals surface area contributed by atoms with E-state index >= 15 is 0 Å². The molecule has 5 heteroatoms. The van der Waals surface area contributed by atoms with Crippen LogP contribution in [-0.4, -0.2) is 31.9 Å². The largest absolute Gasteiger partial charge is 0.496 e. The quantitative estimate of drug-likeness (QED) is 0.747. The Bertz CT molecular complexity index is 711. The number of rotatable bonds is 9. The lowest BCUT2D eigenvalue weighted by Crippen LogP contribution is -2.15. The van der Waals surface area contributed by atoms with Crippen molar-refractivity contribution < 1.29 is 24.1 Å². The molecular weight excluding hydrogens is 320 g/mol. The fourth-order valence-electron chi connectivity index (χ4n) is 2.69. The molecule has 2 rings (SSSR count). The van der Waals surface area contributed by atoms with Crippen molar-refractivity contribution in [3.8, 4) is 17.2 Å². The van der Waals surface area contributed by atoms with Gasteiger partial charge in [-0.05, 0) is 36.6 Å². The average molecular weight is 344 g/mol. The molecule has 5 nitrogen and oxygen atoms in total. The van der Waals surface area contributed by atoms with E-state index in [9.17, 15) is 9.90 Å². The van der Waals surface area contributed by atoms with Crippen LogP contribution >= 0.6 is 0 Å². The minimum atomic E-state index is -0.894. The Morgan fingerprint density at radius 2 is 1.76 bits per heavy atom. The lowest BCUT2D eigenvalue weighted by Gasteiger charge is -2.17. The molecule has 1 N–H and O–H groups in total. The van der Waals surface area contributed by atoms with Gasteiger partial charge in [-0.3, -0.25) is 4.79 Å². The summed E-state index contributed by atoms with van der Waals surface area (Å²) in [5, 5.41) is 9.69. The molecule has 1 unspecified atom stereocenters. The van der Waals surface area contributed by atoms with Gasteiger partial charge in [-0.15, -0.1) is 0 Å². The van der Waals surface area contributed by atoms with Crippen LogP contribution in [-0.2, 0) is 11.2 Å². The van der Waals surface area contributed by atoms with Crippen LogP contribution < -0.4 is 14.2 Å². The van der Waals surface area contributed by atoms with Crippen LogP contribution in [0.5, 0.6) is 17.2 Å². The third-order valence-electron chi connectivity index (χ3n) is 3.94. The zero-order valence-electron chi connectivity index (χ0n) is 14.8. The Kier molecular flexibility index (Phi) is 6.69. The second kappa shape index (κ2) is 8.97. The van der Waals surface area contributed by atoms with Crippen LogP contribution in [0.2, 0.25) is 0 Å². The maximum absolute atomic E-state index is 11.8. The van der Waals surface area contributed by atoms with Gasteiger partial charge in [0, 0.05) is 5.56 Å². The maximum Gasteiger partial charge on any atom is 0.311 e. The van der Waals surface area contributed by atoms with Gasteiger partial charge in [0.05, 0.1) is 26.7 Å². The van der Waals surface area contributed by atoms with Gasteiger partial charge >= 0.3 is 5.97 Å². The molecule has 1 atom stereocenters. The summed E-state index contributed by atoms with van der Waals surface area (Å²) in [6, 6.07) is 12.7. The van der Waals surface area contributed by atoms with Crippen molar-refractivity contribution in [3.63, 3.8) is 0 Å². The van der Waals surface area contributed by atoms with Crippen molar-refractivity contribution in [1.82, 2.24) is 0 Å². The Balaban J connectivity index is 2.29. The van der Waals surface area contributed by atoms with Crippen molar-refractivity contribution in [2.45, 2.75) is 25.7 Å². The van der Waals surface area contributed by atoms with E-state index in [2.05, 4.69) is 0 Å². The van der Waals surface area contributed by atoms with Crippen molar-refractivity contribution in [3.05, 3.63) is 53.6 Å². The normalized spacial score (nSPS) is 11.6. The number of carboxylic acid groups (broad SMARTS) is 1. The number of aliphatic carboxylic acids is 1. The van der Waals surface area contributed by atoms with E-state index in [1.54, 1.807) is 26.4 Å². The summed E-state index contributed by atoms with van der Waals surface area (Å²) in [5.74, 6) is 0.246. The maximum atomic E-state index is 11.8. The highest BCUT2D eigenvalue weighted by Gasteiger charge is 2.24. The Morgan fingerprint density at radius 1 is 1.04 bits per heavy atom. The zero-order chi connectivity index (χ0) is 18.2. The molecule has 0 saturated heterocycles. The minimum absolute atomic E-state index is 0.333. The first-order chi connectivity index (χ1) is 12.1. The average Bonchev–Trinajstić information content (AvgIpc) is 2.64. The molecule has 0 aliphatic carbocycles. The predicted molar refractivity (Wildman–Crippen MR) is 95.9 cm³/mol. The van der Waals surface area contributed by atoms with Gasteiger partial charge in [-0.2, -0.15) is 0 Å². The van der Waals surface area contributed by atoms with Crippen molar-refractivity contribution in [2.75, 3.05) is 20.8 Å². The van der Waals surface area contributed by atoms with Gasteiger partial charge in [-0.25, -0.2) is 0 Å². The fraction of sp³-hybridized carbons (Fsp3) is 0.350. The van der Waals surface area contributed by atoms with Crippen LogP contribution in [0.15, 0.2) is 42.5 Å². The number of carbonyl (C=O) groups is 1. The molecule has 0 aliphatic heterocycles.